The molecule has 9 nitrogen and oxygen atoms in total. The number of phenolic OH excluding ortho intramolecular Hbond substituents is 1. The average Bonchev–Trinajstić information content (AvgIpc) is 2.90. The molecule has 3 rings (SSSR count). The van der Waals surface area contributed by atoms with E-state index in [9.17, 15) is 5.11 Å². The van der Waals surface area contributed by atoms with Gasteiger partial charge in [-0.25, -0.2) is 9.61 Å². The van der Waals surface area contributed by atoms with Crippen LogP contribution in [0.2, 0.25) is 5.02 Å². The van der Waals surface area contributed by atoms with Gasteiger partial charge < -0.3 is 10.8 Å². The number of rotatable bonds is 3. The molecule has 0 bridgehead atoms. The Labute approximate surface area is 122 Å². The first kappa shape index (κ1) is 13.1. The Bertz CT molecular complexity index is 833. The first-order chi connectivity index (χ1) is 10.1. The summed E-state index contributed by atoms with van der Waals surface area (Å²) < 4.78 is 4.48. The van der Waals surface area contributed by atoms with Crippen molar-refractivity contribution in [3.05, 3.63) is 28.8 Å². The number of nitrogens with one attached hydrogen (secondary N) is 1. The molecule has 0 amide bonds. The van der Waals surface area contributed by atoms with E-state index in [1.54, 1.807) is 12.1 Å². The standard InChI is InChI=1S/C11H8ClN7O2/c12-6-1-2-7(20)5(3-6)4-14-17-9-8(13)15-10-11(16-9)19-21-18-10/h1-4,20H,(H2,13,15,18)(H,16,17,19). The number of hydrogen-bond acceptors (Lipinski definition) is 9. The summed E-state index contributed by atoms with van der Waals surface area (Å²) in [5, 5.41) is 21.1. The minimum absolute atomic E-state index is 0.0418. The van der Waals surface area contributed by atoms with Gasteiger partial charge in [-0.05, 0) is 28.5 Å². The molecule has 0 saturated heterocycles. The number of aromatic hydroxyl groups is 1. The summed E-state index contributed by atoms with van der Waals surface area (Å²) in [4.78, 5) is 7.97. The number of fused-ring (bicyclic) bond motifs is 1. The molecule has 0 aliphatic heterocycles. The smallest absolute Gasteiger partial charge is 0.245 e. The number of anilines is 2. The van der Waals surface area contributed by atoms with Gasteiger partial charge in [-0.2, -0.15) is 10.1 Å². The normalized spacial score (nSPS) is 11.3. The summed E-state index contributed by atoms with van der Waals surface area (Å²) in [6.45, 7) is 0. The molecule has 106 valence electrons. The minimum Gasteiger partial charge on any atom is -0.507 e. The van der Waals surface area contributed by atoms with E-state index in [1.165, 1.54) is 12.3 Å². The largest absolute Gasteiger partial charge is 0.507 e. The second-order valence-electron chi connectivity index (χ2n) is 3.94. The minimum atomic E-state index is 0.0418. The third-order valence-electron chi connectivity index (χ3n) is 2.50. The van der Waals surface area contributed by atoms with Crippen LogP contribution in [0.4, 0.5) is 11.6 Å². The van der Waals surface area contributed by atoms with Crippen molar-refractivity contribution < 1.29 is 9.74 Å². The topological polar surface area (TPSA) is 135 Å². The number of nitrogen functional groups attached to an aromatic ring is 1. The van der Waals surface area contributed by atoms with Crippen molar-refractivity contribution in [2.75, 3.05) is 11.2 Å². The molecular formula is C11H8ClN7O2. The molecule has 0 spiro atoms. The molecule has 0 aliphatic rings. The number of aromatic nitrogens is 4. The van der Waals surface area contributed by atoms with E-state index in [2.05, 4.69) is 35.4 Å². The summed E-state index contributed by atoms with van der Waals surface area (Å²) in [6, 6.07) is 4.59. The molecule has 2 aromatic heterocycles. The van der Waals surface area contributed by atoms with Crippen LogP contribution in [0.1, 0.15) is 5.56 Å². The molecule has 2 heterocycles. The van der Waals surface area contributed by atoms with E-state index in [0.29, 0.717) is 10.6 Å². The van der Waals surface area contributed by atoms with Crippen molar-refractivity contribution in [3.63, 3.8) is 0 Å². The van der Waals surface area contributed by atoms with E-state index < -0.39 is 0 Å². The molecule has 0 unspecified atom stereocenters. The lowest BCUT2D eigenvalue weighted by Crippen LogP contribution is -2.02. The highest BCUT2D eigenvalue weighted by Gasteiger charge is 2.09. The van der Waals surface area contributed by atoms with Gasteiger partial charge in [0.25, 0.3) is 0 Å². The predicted octanol–water partition coefficient (Wildman–Crippen LogP) is 1.40. The fraction of sp³-hybridized carbons (Fsp3) is 0. The van der Waals surface area contributed by atoms with Gasteiger partial charge in [0.05, 0.1) is 6.21 Å². The van der Waals surface area contributed by atoms with Crippen molar-refractivity contribution >= 4 is 40.7 Å². The second kappa shape index (κ2) is 5.21. The maximum atomic E-state index is 9.64. The first-order valence-electron chi connectivity index (χ1n) is 5.67. The van der Waals surface area contributed by atoms with Crippen molar-refractivity contribution in [2.24, 2.45) is 5.10 Å². The maximum absolute atomic E-state index is 9.64. The Morgan fingerprint density at radius 1 is 1.29 bits per heavy atom. The van der Waals surface area contributed by atoms with Crippen LogP contribution in [0.25, 0.3) is 11.3 Å². The van der Waals surface area contributed by atoms with Gasteiger partial charge >= 0.3 is 0 Å². The quantitative estimate of drug-likeness (QED) is 0.488. The molecule has 4 N–H and O–H groups in total. The molecule has 0 atom stereocenters. The van der Waals surface area contributed by atoms with Gasteiger partial charge in [-0.3, -0.25) is 5.43 Å². The third kappa shape index (κ3) is 2.67. The number of nitrogens with zero attached hydrogens (tertiary/aromatic N) is 5. The van der Waals surface area contributed by atoms with Crippen LogP contribution in [-0.4, -0.2) is 31.6 Å². The van der Waals surface area contributed by atoms with Gasteiger partial charge in [0.1, 0.15) is 5.75 Å². The van der Waals surface area contributed by atoms with Gasteiger partial charge in [0.2, 0.25) is 11.3 Å². The Morgan fingerprint density at radius 2 is 2.05 bits per heavy atom. The monoisotopic (exact) mass is 305 g/mol. The van der Waals surface area contributed by atoms with Gasteiger partial charge in [0.15, 0.2) is 11.6 Å². The molecule has 21 heavy (non-hydrogen) atoms. The molecule has 0 aliphatic carbocycles. The van der Waals surface area contributed by atoms with Gasteiger partial charge in [-0.1, -0.05) is 11.6 Å². The molecule has 0 saturated carbocycles. The summed E-state index contributed by atoms with van der Waals surface area (Å²) in [5.41, 5.74) is 9.13. The lowest BCUT2D eigenvalue weighted by molar-refractivity contribution is 0.314. The van der Waals surface area contributed by atoms with Crippen molar-refractivity contribution in [1.82, 2.24) is 20.3 Å². The van der Waals surface area contributed by atoms with Crippen LogP contribution in [0.15, 0.2) is 27.9 Å². The number of nitrogens with two attached hydrogens (primary N) is 1. The zero-order valence-electron chi connectivity index (χ0n) is 10.4. The van der Waals surface area contributed by atoms with Crippen LogP contribution >= 0.6 is 11.6 Å². The van der Waals surface area contributed by atoms with Crippen LogP contribution in [0.5, 0.6) is 5.75 Å². The molecule has 10 heteroatoms. The highest BCUT2D eigenvalue weighted by atomic mass is 35.5. The summed E-state index contributed by atoms with van der Waals surface area (Å²) in [7, 11) is 0. The highest BCUT2D eigenvalue weighted by Crippen LogP contribution is 2.20. The fourth-order valence-electron chi connectivity index (χ4n) is 1.52. The van der Waals surface area contributed by atoms with E-state index in [1.807, 2.05) is 0 Å². The van der Waals surface area contributed by atoms with Crippen molar-refractivity contribution in [3.8, 4) is 5.75 Å². The van der Waals surface area contributed by atoms with Crippen molar-refractivity contribution in [2.45, 2.75) is 0 Å². The van der Waals surface area contributed by atoms with Gasteiger partial charge in [-0.15, -0.1) is 0 Å². The average molecular weight is 306 g/mol. The molecule has 0 radical (unpaired) electrons. The number of benzene rings is 1. The van der Waals surface area contributed by atoms with Crippen LogP contribution in [-0.2, 0) is 0 Å². The summed E-state index contributed by atoms with van der Waals surface area (Å²) in [6.07, 6.45) is 1.37. The van der Waals surface area contributed by atoms with E-state index in [0.717, 1.165) is 0 Å². The van der Waals surface area contributed by atoms with E-state index in [4.69, 9.17) is 17.3 Å². The maximum Gasteiger partial charge on any atom is 0.245 e. The number of hydrogen-bond donors (Lipinski definition) is 3. The summed E-state index contributed by atoms with van der Waals surface area (Å²) >= 11 is 5.83. The lowest BCUT2D eigenvalue weighted by Gasteiger charge is -2.02. The van der Waals surface area contributed by atoms with E-state index in [-0.39, 0.29) is 28.7 Å². The Kier molecular flexibility index (Phi) is 3.24. The zero-order valence-corrected chi connectivity index (χ0v) is 11.1. The number of phenols is 1. The Balaban J connectivity index is 1.83. The molecule has 0 fully saturated rings. The van der Waals surface area contributed by atoms with Crippen LogP contribution in [0.3, 0.4) is 0 Å². The first-order valence-corrected chi connectivity index (χ1v) is 6.04. The highest BCUT2D eigenvalue weighted by molar-refractivity contribution is 6.30. The van der Waals surface area contributed by atoms with Crippen LogP contribution in [0, 0.1) is 0 Å². The number of hydrazone groups is 1. The SMILES string of the molecule is Nc1nc2nonc2nc1NN=Cc1cc(Cl)ccc1O. The second-order valence-corrected chi connectivity index (χ2v) is 4.38. The summed E-state index contributed by atoms with van der Waals surface area (Å²) in [5.74, 6) is 0.321. The number of halogens is 1. The third-order valence-corrected chi connectivity index (χ3v) is 2.74. The van der Waals surface area contributed by atoms with Crippen molar-refractivity contribution in [1.29, 1.82) is 0 Å². The van der Waals surface area contributed by atoms with Crippen LogP contribution < -0.4 is 11.2 Å². The molecular weight excluding hydrogens is 298 g/mol. The Hall–Kier alpha value is -2.94. The van der Waals surface area contributed by atoms with Gasteiger partial charge in [0, 0.05) is 10.6 Å². The molecule has 3 aromatic rings. The zero-order chi connectivity index (χ0) is 14.8. The Morgan fingerprint density at radius 3 is 2.86 bits per heavy atom. The fourth-order valence-corrected chi connectivity index (χ4v) is 1.71. The lowest BCUT2D eigenvalue weighted by atomic mass is 10.2. The predicted molar refractivity (Wildman–Crippen MR) is 76.1 cm³/mol. The van der Waals surface area contributed by atoms with E-state index >= 15 is 0 Å². The molecule has 1 aromatic carbocycles.